The second-order valence-corrected chi connectivity index (χ2v) is 17.4. The number of carboxylic acid groups (broad SMARTS) is 2. The molecule has 0 amide bonds. The van der Waals surface area contributed by atoms with Gasteiger partial charge in [0, 0.05) is 18.0 Å². The number of likely N-dealkylation sites (tertiary alicyclic amines) is 1. The van der Waals surface area contributed by atoms with Crippen LogP contribution in [-0.4, -0.2) is 80.0 Å². The number of rotatable bonds is 21. The van der Waals surface area contributed by atoms with Gasteiger partial charge in [0.1, 0.15) is 5.54 Å². The third kappa shape index (κ3) is 15.2. The Morgan fingerprint density at radius 2 is 1.52 bits per heavy atom. The second kappa shape index (κ2) is 24.8. The van der Waals surface area contributed by atoms with E-state index in [-0.39, 0.29) is 66.5 Å². The number of piperidine rings is 1. The third-order valence-electron chi connectivity index (χ3n) is 13.2. The number of alkyl halides is 5. The molecule has 4 atom stereocenters. The number of carboxylic acids is 2. The topological polar surface area (TPSA) is 185 Å². The maximum Gasteiger partial charge on any atom is 1.00 e. The molecule has 0 bridgehead atoms. The number of carbonyl (C=O) groups is 2. The third-order valence-corrected chi connectivity index (χ3v) is 13.2. The van der Waals surface area contributed by atoms with Crippen LogP contribution in [0.3, 0.4) is 0 Å². The van der Waals surface area contributed by atoms with Crippen molar-refractivity contribution < 1.29 is 80.7 Å². The number of nitrogens with zero attached hydrogens (tertiary/aromatic N) is 1. The van der Waals surface area contributed by atoms with Crippen molar-refractivity contribution in [2.24, 2.45) is 23.5 Å². The van der Waals surface area contributed by atoms with Gasteiger partial charge < -0.3 is 49.9 Å². The molecule has 1 saturated heterocycles. The van der Waals surface area contributed by atoms with E-state index in [2.05, 4.69) is 18.7 Å². The number of aliphatic carboxylic acids is 2. The Morgan fingerprint density at radius 3 is 2.10 bits per heavy atom. The van der Waals surface area contributed by atoms with Crippen LogP contribution >= 0.6 is 0 Å². The van der Waals surface area contributed by atoms with Crippen molar-refractivity contribution in [2.45, 2.75) is 145 Å². The minimum Gasteiger partial charge on any atom is -0.481 e. The quantitative estimate of drug-likeness (QED) is 0.0397. The first kappa shape index (κ1) is 54.7. The minimum atomic E-state index is -4.62. The van der Waals surface area contributed by atoms with Gasteiger partial charge in [-0.15, -0.1) is 5.56 Å². The standard InChI is InChI=1S/C33H41BF5N2O4.C12H23BO4.Li/c35-32(36,20-23-19-26(33(37,38)39)18-21-5-3-7-27(21)23)25-9-10-28-22(17-25)6-4-8-29(28)41-15-11-24(12-16-41)31(40,30(42)43)13-1-2-14-34(44)45;1-3-7-10(4-2)11(12(14)15)8-5-6-9-13(16)17;/h5,9-10,17-19,24,29,44-45H,1-4,6-8,11-16,20,40H2,(H,42,43);10-11,16-17H,1-9H2,(H,14,15);/q-1;-2;+1. The molecule has 0 radical (unpaired) electrons. The molecule has 1 fully saturated rings. The number of fused-ring (bicyclic) bond motifs is 2. The normalized spacial score (nSPS) is 18.6. The van der Waals surface area contributed by atoms with E-state index in [4.69, 9.17) is 30.9 Å². The summed E-state index contributed by atoms with van der Waals surface area (Å²) in [7, 11) is -2.72. The fraction of sp³-hybridized carbons (Fsp3) is 0.622. The van der Waals surface area contributed by atoms with Crippen molar-refractivity contribution in [3.8, 4) is 0 Å². The van der Waals surface area contributed by atoms with Crippen molar-refractivity contribution >= 4 is 26.2 Å². The molecular weight excluding hydrogens is 820 g/mol. The smallest absolute Gasteiger partial charge is 0.481 e. The average Bonchev–Trinajstić information content (AvgIpc) is 3.70. The molecule has 10 nitrogen and oxygen atoms in total. The van der Waals surface area contributed by atoms with Gasteiger partial charge in [0.25, 0.3) is 5.92 Å². The van der Waals surface area contributed by atoms with Crippen LogP contribution < -0.4 is 24.6 Å². The first-order valence-corrected chi connectivity index (χ1v) is 22.1. The number of unbranched alkanes of at least 4 members (excludes halogenated alkanes) is 2. The predicted octanol–water partition coefficient (Wildman–Crippen LogP) is 4.84. The molecule has 1 aliphatic heterocycles. The maximum atomic E-state index is 15.7. The largest absolute Gasteiger partial charge is 1.00 e. The van der Waals surface area contributed by atoms with Gasteiger partial charge in [-0.1, -0.05) is 74.6 Å². The number of hydrogen-bond donors (Lipinski definition) is 7. The molecule has 18 heteroatoms. The Bertz CT molecular complexity index is 1770. The Hall–Kier alpha value is -2.61. The van der Waals surface area contributed by atoms with E-state index in [1.165, 1.54) is 12.1 Å². The zero-order valence-electron chi connectivity index (χ0n) is 36.6. The zero-order valence-corrected chi connectivity index (χ0v) is 36.6. The summed E-state index contributed by atoms with van der Waals surface area (Å²) in [6.07, 6.45) is 6.32. The fourth-order valence-electron chi connectivity index (χ4n) is 9.69. The first-order chi connectivity index (χ1) is 29.2. The van der Waals surface area contributed by atoms with Crippen LogP contribution in [0.5, 0.6) is 0 Å². The summed E-state index contributed by atoms with van der Waals surface area (Å²) in [6, 6.07) is 6.59. The van der Waals surface area contributed by atoms with Crippen LogP contribution in [0.4, 0.5) is 22.0 Å². The van der Waals surface area contributed by atoms with Crippen LogP contribution in [0.2, 0.25) is 12.6 Å². The number of aryl methyl sites for hydroxylation is 1. The predicted molar refractivity (Wildman–Crippen MR) is 229 cm³/mol. The van der Waals surface area contributed by atoms with Crippen molar-refractivity contribution in [1.82, 2.24) is 4.90 Å². The summed E-state index contributed by atoms with van der Waals surface area (Å²) in [5, 5.41) is 54.6. The molecule has 2 aliphatic carbocycles. The van der Waals surface area contributed by atoms with Crippen molar-refractivity contribution in [1.29, 1.82) is 0 Å². The van der Waals surface area contributed by atoms with Crippen molar-refractivity contribution in [3.63, 3.8) is 0 Å². The Kier molecular flexibility index (Phi) is 21.5. The molecule has 63 heavy (non-hydrogen) atoms. The van der Waals surface area contributed by atoms with E-state index >= 15 is 8.78 Å². The fourth-order valence-corrected chi connectivity index (χ4v) is 9.69. The number of halogens is 5. The van der Waals surface area contributed by atoms with Crippen LogP contribution in [-0.2, 0) is 41.0 Å². The molecule has 0 saturated carbocycles. The molecule has 0 aromatic heterocycles. The van der Waals surface area contributed by atoms with Crippen molar-refractivity contribution in [3.05, 3.63) is 89.5 Å². The van der Waals surface area contributed by atoms with E-state index < -0.39 is 55.8 Å². The van der Waals surface area contributed by atoms with Gasteiger partial charge in [0.05, 0.1) is 5.92 Å². The van der Waals surface area contributed by atoms with Gasteiger partial charge in [-0.2, -0.15) is 44.1 Å². The average molecular weight is 885 g/mol. The Labute approximate surface area is 382 Å². The van der Waals surface area contributed by atoms with Gasteiger partial charge in [0.2, 0.25) is 0 Å². The van der Waals surface area contributed by atoms with Gasteiger partial charge in [-0.3, -0.25) is 14.5 Å². The van der Waals surface area contributed by atoms with Gasteiger partial charge in [0.15, 0.2) is 0 Å². The van der Waals surface area contributed by atoms with E-state index in [0.717, 1.165) is 48.9 Å². The number of hydrogen-bond acceptors (Lipinski definition) is 8. The molecule has 5 rings (SSSR count). The molecule has 1 heterocycles. The SMILES string of the molecule is NC(CCCCB(O)O)(C(=O)O)C1CCN(C2CCCc3cc(C(F)(F)Cc4cc(C(F)(F)F)cc5c4CC[CH-]5)ccc32)CC1.[CH2-]CCC(C[CH2-])C(CCCCB(O)O)C(=O)O.[Li+]. The Morgan fingerprint density at radius 1 is 0.873 bits per heavy atom. The molecule has 0 spiro atoms. The van der Waals surface area contributed by atoms with E-state index in [1.807, 2.05) is 0 Å². The van der Waals surface area contributed by atoms with Crippen molar-refractivity contribution in [2.75, 3.05) is 13.1 Å². The molecule has 3 aliphatic rings. The van der Waals surface area contributed by atoms with E-state index in [9.17, 15) is 27.9 Å². The number of nitrogens with two attached hydrogens (primary N) is 1. The zero-order chi connectivity index (χ0) is 45.8. The van der Waals surface area contributed by atoms with E-state index in [0.29, 0.717) is 101 Å². The first-order valence-electron chi connectivity index (χ1n) is 22.1. The maximum absolute atomic E-state index is 15.7. The summed E-state index contributed by atoms with van der Waals surface area (Å²) in [4.78, 5) is 25.6. The molecular formula is C45H64B2F5LiN2O8-2. The molecule has 4 unspecified atom stereocenters. The van der Waals surface area contributed by atoms with Crippen LogP contribution in [0.1, 0.15) is 135 Å². The molecule has 2 aromatic carbocycles. The minimum absolute atomic E-state index is 0. The molecule has 8 N–H and O–H groups in total. The van der Waals surface area contributed by atoms with E-state index in [1.54, 1.807) is 12.5 Å². The second-order valence-electron chi connectivity index (χ2n) is 17.4. The van der Waals surface area contributed by atoms with Crippen LogP contribution in [0.25, 0.3) is 0 Å². The summed E-state index contributed by atoms with van der Waals surface area (Å²) >= 11 is 0. The van der Waals surface area contributed by atoms with Gasteiger partial charge in [-0.05, 0) is 99.4 Å². The van der Waals surface area contributed by atoms with Gasteiger partial charge >= 0.3 is 51.2 Å². The van der Waals surface area contributed by atoms with Gasteiger partial charge in [-0.25, -0.2) is 8.78 Å². The van der Waals surface area contributed by atoms with Crippen LogP contribution in [0.15, 0.2) is 30.3 Å². The summed E-state index contributed by atoms with van der Waals surface area (Å²) in [6.45, 7) is 8.78. The number of benzene rings is 2. The monoisotopic (exact) mass is 884 g/mol. The summed E-state index contributed by atoms with van der Waals surface area (Å²) in [5.41, 5.74) is 6.71. The summed E-state index contributed by atoms with van der Waals surface area (Å²) in [5.74, 6) is -5.75. The van der Waals surface area contributed by atoms with Crippen LogP contribution in [0, 0.1) is 38.0 Å². The molecule has 346 valence electrons. The molecule has 2 aromatic rings. The Balaban J connectivity index is 0.000000499. The summed E-state index contributed by atoms with van der Waals surface area (Å²) < 4.78 is 72.0.